The molecular formula is C15H15N3. The fraction of sp³-hybridized carbons (Fsp3) is 0.133. The maximum absolute atomic E-state index is 4.48. The summed E-state index contributed by atoms with van der Waals surface area (Å²) in [6.07, 6.45) is 0. The zero-order valence-corrected chi connectivity index (χ0v) is 10.3. The van der Waals surface area contributed by atoms with E-state index in [4.69, 9.17) is 0 Å². The van der Waals surface area contributed by atoms with Gasteiger partial charge in [0.05, 0.1) is 11.0 Å². The first-order valence-electron chi connectivity index (χ1n) is 6.05. The molecule has 3 nitrogen and oxygen atoms in total. The number of para-hydroxylation sites is 2. The van der Waals surface area contributed by atoms with Crippen molar-refractivity contribution >= 4 is 17.0 Å². The van der Waals surface area contributed by atoms with Gasteiger partial charge in [0, 0.05) is 6.54 Å². The van der Waals surface area contributed by atoms with Crippen LogP contribution in [0, 0.1) is 6.92 Å². The van der Waals surface area contributed by atoms with E-state index in [0.29, 0.717) is 0 Å². The SMILES string of the molecule is Cc1ccc(CNc2nc3ccccc3[nH]2)cc1. The minimum Gasteiger partial charge on any atom is -0.352 e. The summed E-state index contributed by atoms with van der Waals surface area (Å²) in [6, 6.07) is 16.5. The van der Waals surface area contributed by atoms with E-state index < -0.39 is 0 Å². The van der Waals surface area contributed by atoms with Crippen molar-refractivity contribution in [3.8, 4) is 0 Å². The molecule has 0 fully saturated rings. The molecule has 1 heterocycles. The smallest absolute Gasteiger partial charge is 0.201 e. The van der Waals surface area contributed by atoms with Gasteiger partial charge in [0.25, 0.3) is 0 Å². The van der Waals surface area contributed by atoms with E-state index in [1.165, 1.54) is 11.1 Å². The zero-order chi connectivity index (χ0) is 12.4. The molecule has 18 heavy (non-hydrogen) atoms. The fourth-order valence-corrected chi connectivity index (χ4v) is 1.93. The highest BCUT2D eigenvalue weighted by molar-refractivity contribution is 5.77. The molecule has 0 aliphatic rings. The molecule has 2 aromatic carbocycles. The third-order valence-electron chi connectivity index (χ3n) is 2.97. The number of nitrogens with one attached hydrogen (secondary N) is 2. The van der Waals surface area contributed by atoms with Gasteiger partial charge in [0.2, 0.25) is 5.95 Å². The van der Waals surface area contributed by atoms with Crippen LogP contribution in [0.2, 0.25) is 0 Å². The van der Waals surface area contributed by atoms with Crippen LogP contribution in [-0.4, -0.2) is 9.97 Å². The van der Waals surface area contributed by atoms with Crippen molar-refractivity contribution in [3.63, 3.8) is 0 Å². The molecule has 3 rings (SSSR count). The Labute approximate surface area is 106 Å². The lowest BCUT2D eigenvalue weighted by molar-refractivity contribution is 1.10. The van der Waals surface area contributed by atoms with Gasteiger partial charge in [-0.1, -0.05) is 42.0 Å². The van der Waals surface area contributed by atoms with Gasteiger partial charge in [-0.15, -0.1) is 0 Å². The highest BCUT2D eigenvalue weighted by Gasteiger charge is 2.00. The molecular weight excluding hydrogens is 222 g/mol. The summed E-state index contributed by atoms with van der Waals surface area (Å²) in [6.45, 7) is 2.87. The summed E-state index contributed by atoms with van der Waals surface area (Å²) < 4.78 is 0. The topological polar surface area (TPSA) is 40.7 Å². The number of aromatic amines is 1. The lowest BCUT2D eigenvalue weighted by Gasteiger charge is -2.03. The summed E-state index contributed by atoms with van der Waals surface area (Å²) >= 11 is 0. The number of benzene rings is 2. The van der Waals surface area contributed by atoms with Crippen molar-refractivity contribution in [2.45, 2.75) is 13.5 Å². The van der Waals surface area contributed by atoms with Gasteiger partial charge in [0.1, 0.15) is 0 Å². The Morgan fingerprint density at radius 3 is 2.61 bits per heavy atom. The van der Waals surface area contributed by atoms with Crippen molar-refractivity contribution in [3.05, 3.63) is 59.7 Å². The van der Waals surface area contributed by atoms with Crippen LogP contribution in [0.25, 0.3) is 11.0 Å². The standard InChI is InChI=1S/C15H15N3/c1-11-6-8-12(9-7-11)10-16-15-17-13-4-2-3-5-14(13)18-15/h2-9H,10H2,1H3,(H2,16,17,18). The molecule has 3 aromatic rings. The number of H-pyrrole nitrogens is 1. The molecule has 0 spiro atoms. The highest BCUT2D eigenvalue weighted by atomic mass is 15.1. The monoisotopic (exact) mass is 237 g/mol. The minimum atomic E-state index is 0.778. The van der Waals surface area contributed by atoms with Crippen LogP contribution in [0.3, 0.4) is 0 Å². The maximum Gasteiger partial charge on any atom is 0.201 e. The van der Waals surface area contributed by atoms with Gasteiger partial charge >= 0.3 is 0 Å². The predicted molar refractivity (Wildman–Crippen MR) is 74.6 cm³/mol. The van der Waals surface area contributed by atoms with Crippen molar-refractivity contribution in [2.75, 3.05) is 5.32 Å². The average Bonchev–Trinajstić information content (AvgIpc) is 2.81. The normalized spacial score (nSPS) is 10.7. The molecule has 1 aromatic heterocycles. The number of rotatable bonds is 3. The van der Waals surface area contributed by atoms with Gasteiger partial charge in [-0.3, -0.25) is 0 Å². The molecule has 0 bridgehead atoms. The van der Waals surface area contributed by atoms with E-state index in [2.05, 4.69) is 46.5 Å². The van der Waals surface area contributed by atoms with Gasteiger partial charge in [0.15, 0.2) is 0 Å². The first kappa shape index (κ1) is 10.8. The second kappa shape index (κ2) is 4.53. The van der Waals surface area contributed by atoms with E-state index in [0.717, 1.165) is 23.5 Å². The summed E-state index contributed by atoms with van der Waals surface area (Å²) in [5.41, 5.74) is 4.58. The van der Waals surface area contributed by atoms with Crippen LogP contribution in [0.5, 0.6) is 0 Å². The van der Waals surface area contributed by atoms with E-state index in [1.807, 2.05) is 24.3 Å². The van der Waals surface area contributed by atoms with E-state index in [-0.39, 0.29) is 0 Å². The van der Waals surface area contributed by atoms with Crippen molar-refractivity contribution in [1.82, 2.24) is 9.97 Å². The van der Waals surface area contributed by atoms with Crippen LogP contribution in [-0.2, 0) is 6.54 Å². The third kappa shape index (κ3) is 2.20. The van der Waals surface area contributed by atoms with Gasteiger partial charge in [-0.05, 0) is 24.6 Å². The van der Waals surface area contributed by atoms with Crippen LogP contribution >= 0.6 is 0 Å². The number of imidazole rings is 1. The Kier molecular flexibility index (Phi) is 2.73. The Morgan fingerprint density at radius 1 is 1.06 bits per heavy atom. The predicted octanol–water partition coefficient (Wildman–Crippen LogP) is 3.48. The molecule has 0 saturated carbocycles. The van der Waals surface area contributed by atoms with Crippen molar-refractivity contribution in [2.24, 2.45) is 0 Å². The molecule has 2 N–H and O–H groups in total. The van der Waals surface area contributed by atoms with Crippen molar-refractivity contribution < 1.29 is 0 Å². The first-order chi connectivity index (χ1) is 8.81. The number of fused-ring (bicyclic) bond motifs is 1. The number of aryl methyl sites for hydroxylation is 1. The Balaban J connectivity index is 1.74. The van der Waals surface area contributed by atoms with E-state index in [9.17, 15) is 0 Å². The molecule has 0 unspecified atom stereocenters. The largest absolute Gasteiger partial charge is 0.352 e. The Bertz CT molecular complexity index is 620. The van der Waals surface area contributed by atoms with Crippen LogP contribution < -0.4 is 5.32 Å². The molecule has 0 aliphatic heterocycles. The molecule has 90 valence electrons. The molecule has 3 heteroatoms. The van der Waals surface area contributed by atoms with Crippen LogP contribution in [0.4, 0.5) is 5.95 Å². The quantitative estimate of drug-likeness (QED) is 0.732. The molecule has 0 radical (unpaired) electrons. The van der Waals surface area contributed by atoms with Crippen LogP contribution in [0.1, 0.15) is 11.1 Å². The fourth-order valence-electron chi connectivity index (χ4n) is 1.93. The summed E-state index contributed by atoms with van der Waals surface area (Å²) in [4.78, 5) is 7.73. The third-order valence-corrected chi connectivity index (χ3v) is 2.97. The number of aromatic nitrogens is 2. The lowest BCUT2D eigenvalue weighted by atomic mass is 10.1. The lowest BCUT2D eigenvalue weighted by Crippen LogP contribution is -2.00. The second-order valence-electron chi connectivity index (χ2n) is 4.44. The Hall–Kier alpha value is -2.29. The molecule has 0 saturated heterocycles. The average molecular weight is 237 g/mol. The summed E-state index contributed by atoms with van der Waals surface area (Å²) in [5, 5.41) is 3.30. The van der Waals surface area contributed by atoms with Gasteiger partial charge in [-0.2, -0.15) is 0 Å². The van der Waals surface area contributed by atoms with Gasteiger partial charge < -0.3 is 10.3 Å². The highest BCUT2D eigenvalue weighted by Crippen LogP contribution is 2.14. The zero-order valence-electron chi connectivity index (χ0n) is 10.3. The summed E-state index contributed by atoms with van der Waals surface area (Å²) in [7, 11) is 0. The number of nitrogens with zero attached hydrogens (tertiary/aromatic N) is 1. The molecule has 0 aliphatic carbocycles. The maximum atomic E-state index is 4.48. The number of hydrogen-bond acceptors (Lipinski definition) is 2. The van der Waals surface area contributed by atoms with Crippen molar-refractivity contribution in [1.29, 1.82) is 0 Å². The van der Waals surface area contributed by atoms with E-state index in [1.54, 1.807) is 0 Å². The number of anilines is 1. The molecule has 0 amide bonds. The molecule has 0 atom stereocenters. The number of hydrogen-bond donors (Lipinski definition) is 2. The second-order valence-corrected chi connectivity index (χ2v) is 4.44. The van der Waals surface area contributed by atoms with Crippen LogP contribution in [0.15, 0.2) is 48.5 Å². The first-order valence-corrected chi connectivity index (χ1v) is 6.05. The minimum absolute atomic E-state index is 0.778. The van der Waals surface area contributed by atoms with Gasteiger partial charge in [-0.25, -0.2) is 4.98 Å². The van der Waals surface area contributed by atoms with E-state index >= 15 is 0 Å². The Morgan fingerprint density at radius 2 is 1.83 bits per heavy atom. The summed E-state index contributed by atoms with van der Waals surface area (Å²) in [5.74, 6) is 0.816.